The monoisotopic (exact) mass is 496 g/mol. The number of aromatic nitrogens is 1. The fourth-order valence-corrected chi connectivity index (χ4v) is 4.77. The highest BCUT2D eigenvalue weighted by atomic mass is 19.1. The average Bonchev–Trinajstić information content (AvgIpc) is 3.72. The van der Waals surface area contributed by atoms with E-state index in [0.717, 1.165) is 75.1 Å². The lowest BCUT2D eigenvalue weighted by Gasteiger charge is -2.24. The second-order valence-electron chi connectivity index (χ2n) is 9.94. The molecule has 1 aliphatic carbocycles. The Morgan fingerprint density at radius 2 is 1.92 bits per heavy atom. The van der Waals surface area contributed by atoms with E-state index < -0.39 is 12.0 Å². The molecule has 1 aromatic heterocycles. The summed E-state index contributed by atoms with van der Waals surface area (Å²) in [6.45, 7) is 2.57. The number of carboxylic acids is 1. The zero-order chi connectivity index (χ0) is 25.3. The minimum atomic E-state index is -1.01. The van der Waals surface area contributed by atoms with E-state index in [1.54, 1.807) is 12.1 Å². The van der Waals surface area contributed by atoms with Gasteiger partial charge in [-0.3, -0.25) is 4.79 Å². The van der Waals surface area contributed by atoms with E-state index in [9.17, 15) is 19.1 Å². The van der Waals surface area contributed by atoms with Crippen LogP contribution in [0.2, 0.25) is 0 Å². The van der Waals surface area contributed by atoms with Gasteiger partial charge in [-0.1, -0.05) is 18.2 Å². The van der Waals surface area contributed by atoms with Gasteiger partial charge in [-0.05, 0) is 93.7 Å². The van der Waals surface area contributed by atoms with Crippen molar-refractivity contribution < 1.29 is 19.1 Å². The van der Waals surface area contributed by atoms with Crippen molar-refractivity contribution in [2.45, 2.75) is 76.3 Å². The number of benzene rings is 1. The number of nitrogens with zero attached hydrogens (tertiary/aromatic N) is 2. The van der Waals surface area contributed by atoms with E-state index in [2.05, 4.69) is 27.7 Å². The maximum Gasteiger partial charge on any atom is 0.326 e. The number of carbonyl (C=O) groups excluding carboxylic acids is 1. The van der Waals surface area contributed by atoms with Gasteiger partial charge >= 0.3 is 5.97 Å². The van der Waals surface area contributed by atoms with E-state index in [1.165, 1.54) is 17.7 Å². The number of amides is 1. The first-order valence-corrected chi connectivity index (χ1v) is 13.2. The highest BCUT2D eigenvalue weighted by Gasteiger charge is 2.30. The third-order valence-electron chi connectivity index (χ3n) is 7.04. The lowest BCUT2D eigenvalue weighted by molar-refractivity contribution is -0.142. The van der Waals surface area contributed by atoms with Crippen molar-refractivity contribution in [1.29, 1.82) is 0 Å². The van der Waals surface area contributed by atoms with Crippen molar-refractivity contribution >= 4 is 17.7 Å². The Labute approximate surface area is 212 Å². The summed E-state index contributed by atoms with van der Waals surface area (Å²) in [6.07, 6.45) is 8.57. The van der Waals surface area contributed by atoms with Gasteiger partial charge in [0.25, 0.3) is 0 Å². The summed E-state index contributed by atoms with van der Waals surface area (Å²) in [7, 11) is 0. The van der Waals surface area contributed by atoms with Gasteiger partial charge in [-0.15, -0.1) is 0 Å². The van der Waals surface area contributed by atoms with Gasteiger partial charge in [0.15, 0.2) is 0 Å². The van der Waals surface area contributed by atoms with Crippen LogP contribution in [0.25, 0.3) is 0 Å². The summed E-state index contributed by atoms with van der Waals surface area (Å²) >= 11 is 0. The van der Waals surface area contributed by atoms with Gasteiger partial charge in [-0.25, -0.2) is 14.2 Å². The number of hydrogen-bond donors (Lipinski definition) is 3. The Morgan fingerprint density at radius 3 is 2.67 bits per heavy atom. The zero-order valence-corrected chi connectivity index (χ0v) is 20.8. The number of unbranched alkanes of at least 4 members (excludes halogenated alkanes) is 1. The molecule has 2 heterocycles. The van der Waals surface area contributed by atoms with Gasteiger partial charge in [0.1, 0.15) is 17.7 Å². The van der Waals surface area contributed by atoms with E-state index in [1.807, 2.05) is 0 Å². The Balaban J connectivity index is 1.18. The van der Waals surface area contributed by atoms with Crippen LogP contribution in [-0.4, -0.2) is 58.6 Å². The van der Waals surface area contributed by atoms with Crippen LogP contribution in [0.1, 0.15) is 61.8 Å². The molecular weight excluding hydrogens is 459 g/mol. The lowest BCUT2D eigenvalue weighted by atomic mass is 10.1. The van der Waals surface area contributed by atoms with Crippen LogP contribution in [-0.2, 0) is 28.9 Å². The number of aliphatic carboxylic acids is 1. The highest BCUT2D eigenvalue weighted by molar-refractivity contribution is 5.83. The first-order valence-electron chi connectivity index (χ1n) is 13.2. The third kappa shape index (κ3) is 8.01. The molecule has 36 heavy (non-hydrogen) atoms. The number of hydrogen-bond acceptors (Lipinski definition) is 5. The molecule has 2 aliphatic rings. The number of anilines is 1. The van der Waals surface area contributed by atoms with E-state index in [4.69, 9.17) is 4.98 Å². The van der Waals surface area contributed by atoms with Crippen LogP contribution in [0.4, 0.5) is 10.2 Å². The molecule has 8 heteroatoms. The minimum absolute atomic E-state index is 0.175. The molecule has 1 aliphatic heterocycles. The fraction of sp³-hybridized carbons (Fsp3) is 0.536. The van der Waals surface area contributed by atoms with Crippen LogP contribution in [0.15, 0.2) is 36.4 Å². The number of rotatable bonds is 14. The van der Waals surface area contributed by atoms with Crippen LogP contribution >= 0.6 is 0 Å². The molecule has 4 rings (SSSR count). The molecule has 1 amide bonds. The molecule has 0 saturated heterocycles. The quantitative estimate of drug-likeness (QED) is 0.343. The number of nitrogens with one attached hydrogen (secondary N) is 2. The molecule has 3 N–H and O–H groups in total. The molecule has 2 aromatic rings. The maximum atomic E-state index is 13.0. The fourth-order valence-electron chi connectivity index (χ4n) is 4.77. The van der Waals surface area contributed by atoms with Crippen molar-refractivity contribution in [3.05, 3.63) is 59.0 Å². The number of halogens is 1. The number of carboxylic acid groups (broad SMARTS) is 1. The minimum Gasteiger partial charge on any atom is -0.480 e. The molecule has 1 saturated carbocycles. The molecule has 0 bridgehead atoms. The first-order chi connectivity index (χ1) is 17.5. The van der Waals surface area contributed by atoms with E-state index in [0.29, 0.717) is 25.4 Å². The van der Waals surface area contributed by atoms with Crippen LogP contribution < -0.4 is 10.6 Å². The summed E-state index contributed by atoms with van der Waals surface area (Å²) in [5, 5.41) is 15.7. The predicted molar refractivity (Wildman–Crippen MR) is 137 cm³/mol. The molecule has 194 valence electrons. The second-order valence-corrected chi connectivity index (χ2v) is 9.94. The summed E-state index contributed by atoms with van der Waals surface area (Å²) in [6, 6.07) is 9.97. The summed E-state index contributed by atoms with van der Waals surface area (Å²) < 4.78 is 13.0. The molecule has 1 aromatic carbocycles. The molecule has 1 fully saturated rings. The van der Waals surface area contributed by atoms with Crippen molar-refractivity contribution in [3.8, 4) is 0 Å². The number of fused-ring (bicyclic) bond motifs is 1. The normalized spacial score (nSPS) is 15.7. The first kappa shape index (κ1) is 26.1. The molecule has 1 unspecified atom stereocenters. The Bertz CT molecular complexity index is 1030. The zero-order valence-electron chi connectivity index (χ0n) is 20.8. The summed E-state index contributed by atoms with van der Waals surface area (Å²) in [5.74, 6) is -0.579. The van der Waals surface area contributed by atoms with Gasteiger partial charge in [0, 0.05) is 31.2 Å². The SMILES string of the molecule is O=C(CCc1ccc(F)cc1)NC(CCN(CCCCc1ccc2c(n1)NCCC2)C1CC1)C(=O)O. The van der Waals surface area contributed by atoms with Gasteiger partial charge in [0.2, 0.25) is 5.91 Å². The molecule has 0 spiro atoms. The lowest BCUT2D eigenvalue weighted by Crippen LogP contribution is -2.43. The molecular formula is C28H37FN4O3. The Hall–Kier alpha value is -3.00. The van der Waals surface area contributed by atoms with Crippen LogP contribution in [0.3, 0.4) is 0 Å². The highest BCUT2D eigenvalue weighted by Crippen LogP contribution is 2.27. The van der Waals surface area contributed by atoms with Crippen LogP contribution in [0.5, 0.6) is 0 Å². The summed E-state index contributed by atoms with van der Waals surface area (Å²) in [4.78, 5) is 31.3. The van der Waals surface area contributed by atoms with E-state index in [-0.39, 0.29) is 18.1 Å². The largest absolute Gasteiger partial charge is 0.480 e. The Kier molecular flexibility index (Phi) is 9.28. The van der Waals surface area contributed by atoms with Gasteiger partial charge in [-0.2, -0.15) is 0 Å². The summed E-state index contributed by atoms with van der Waals surface area (Å²) in [5.41, 5.74) is 3.27. The second kappa shape index (κ2) is 12.8. The predicted octanol–water partition coefficient (Wildman–Crippen LogP) is 3.96. The van der Waals surface area contributed by atoms with Crippen molar-refractivity contribution in [2.24, 2.45) is 0 Å². The smallest absolute Gasteiger partial charge is 0.326 e. The third-order valence-corrected chi connectivity index (χ3v) is 7.04. The van der Waals surface area contributed by atoms with Crippen LogP contribution in [0, 0.1) is 5.82 Å². The number of aryl methyl sites for hydroxylation is 3. The van der Waals surface area contributed by atoms with Gasteiger partial charge in [0.05, 0.1) is 0 Å². The number of pyridine rings is 1. The van der Waals surface area contributed by atoms with Crippen molar-refractivity contribution in [3.63, 3.8) is 0 Å². The molecule has 7 nitrogen and oxygen atoms in total. The standard InChI is InChI=1S/C28H37FN4O3/c29-22-10-6-20(7-11-22)8-15-26(34)32-25(28(35)36)16-19-33(24-13-14-24)18-2-1-5-23-12-9-21-4-3-17-30-27(21)31-23/h6-7,9-12,24-25H,1-5,8,13-19H2,(H,30,31)(H,32,34)(H,35,36). The topological polar surface area (TPSA) is 94.6 Å². The maximum absolute atomic E-state index is 13.0. The Morgan fingerprint density at radius 1 is 1.11 bits per heavy atom. The molecule has 0 radical (unpaired) electrons. The number of carbonyl (C=O) groups is 2. The van der Waals surface area contributed by atoms with Crippen molar-refractivity contribution in [1.82, 2.24) is 15.2 Å². The van der Waals surface area contributed by atoms with Crippen molar-refractivity contribution in [2.75, 3.05) is 25.0 Å². The average molecular weight is 497 g/mol. The van der Waals surface area contributed by atoms with E-state index >= 15 is 0 Å². The van der Waals surface area contributed by atoms with Gasteiger partial charge < -0.3 is 20.6 Å². The molecule has 1 atom stereocenters.